The van der Waals surface area contributed by atoms with E-state index in [-0.39, 0.29) is 0 Å². The van der Waals surface area contributed by atoms with Crippen molar-refractivity contribution in [1.82, 2.24) is 10.1 Å². The van der Waals surface area contributed by atoms with Crippen molar-refractivity contribution in [3.05, 3.63) is 58.7 Å². The summed E-state index contributed by atoms with van der Waals surface area (Å²) in [6.45, 7) is 4.10. The third kappa shape index (κ3) is 4.84. The lowest BCUT2D eigenvalue weighted by molar-refractivity contribution is 0.205. The van der Waals surface area contributed by atoms with Gasteiger partial charge in [-0.15, -0.1) is 0 Å². The molecule has 1 aliphatic heterocycles. The molecule has 0 aliphatic carbocycles. The van der Waals surface area contributed by atoms with E-state index in [2.05, 4.69) is 16.1 Å². The van der Waals surface area contributed by atoms with E-state index in [1.54, 1.807) is 24.3 Å². The predicted molar refractivity (Wildman–Crippen MR) is 119 cm³/mol. The third-order valence-corrected chi connectivity index (χ3v) is 5.59. The molecule has 0 bridgehead atoms. The number of allylic oxidation sites excluding steroid dienone is 1. The minimum absolute atomic E-state index is 0.403. The van der Waals surface area contributed by atoms with Crippen LogP contribution in [0.2, 0.25) is 5.02 Å². The van der Waals surface area contributed by atoms with Crippen molar-refractivity contribution in [3.63, 3.8) is 0 Å². The molecule has 30 heavy (non-hydrogen) atoms. The van der Waals surface area contributed by atoms with Crippen LogP contribution < -0.4 is 4.74 Å². The molecule has 2 heterocycles. The molecule has 2 aromatic carbocycles. The monoisotopic (exact) mass is 421 g/mol. The Kier molecular flexibility index (Phi) is 6.68. The summed E-state index contributed by atoms with van der Waals surface area (Å²) in [5, 5.41) is 15.1. The number of halogens is 1. The largest absolute Gasteiger partial charge is 0.493 e. The van der Waals surface area contributed by atoms with Crippen molar-refractivity contribution in [2.75, 3.05) is 26.2 Å². The van der Waals surface area contributed by atoms with Crippen LogP contribution in [0.1, 0.15) is 36.9 Å². The molecule has 1 aromatic heterocycles. The molecule has 1 aliphatic rings. The summed E-state index contributed by atoms with van der Waals surface area (Å²) in [6, 6.07) is 15.2. The normalized spacial score (nSPS) is 15.3. The zero-order valence-electron chi connectivity index (χ0n) is 16.8. The first-order chi connectivity index (χ1) is 14.7. The summed E-state index contributed by atoms with van der Waals surface area (Å²) in [4.78, 5) is 2.51. The second-order valence-corrected chi connectivity index (χ2v) is 7.92. The van der Waals surface area contributed by atoms with Crippen LogP contribution in [-0.2, 0) is 0 Å². The van der Waals surface area contributed by atoms with Gasteiger partial charge in [0.25, 0.3) is 0 Å². The number of fused-ring (bicyclic) bond motifs is 1. The Balaban J connectivity index is 1.49. The number of ether oxygens (including phenoxy) is 1. The summed E-state index contributed by atoms with van der Waals surface area (Å²) in [7, 11) is 0. The molecule has 0 amide bonds. The average Bonchev–Trinajstić information content (AvgIpc) is 3.19. The van der Waals surface area contributed by atoms with Crippen LogP contribution >= 0.6 is 11.6 Å². The summed E-state index contributed by atoms with van der Waals surface area (Å²) >= 11 is 6.11. The highest BCUT2D eigenvalue weighted by atomic mass is 35.5. The fourth-order valence-corrected chi connectivity index (χ4v) is 3.97. The lowest BCUT2D eigenvalue weighted by Crippen LogP contribution is -2.31. The fraction of sp³-hybridized carbons (Fsp3) is 0.333. The van der Waals surface area contributed by atoms with Crippen LogP contribution in [0.4, 0.5) is 0 Å². The molecule has 6 heteroatoms. The zero-order valence-corrected chi connectivity index (χ0v) is 17.6. The molecule has 0 unspecified atom stereocenters. The first kappa shape index (κ1) is 20.5. The SMILES string of the molecule is N#C/C(=C\c1ccccc1OCCCN1CCCCC1)c1noc2ccc(Cl)cc12. The van der Waals surface area contributed by atoms with Gasteiger partial charge in [0.1, 0.15) is 17.5 Å². The minimum Gasteiger partial charge on any atom is -0.493 e. The van der Waals surface area contributed by atoms with Crippen LogP contribution in [-0.4, -0.2) is 36.3 Å². The third-order valence-electron chi connectivity index (χ3n) is 5.35. The number of piperidine rings is 1. The number of benzene rings is 2. The van der Waals surface area contributed by atoms with Gasteiger partial charge < -0.3 is 14.2 Å². The van der Waals surface area contributed by atoms with Gasteiger partial charge in [-0.2, -0.15) is 5.26 Å². The highest BCUT2D eigenvalue weighted by Crippen LogP contribution is 2.30. The van der Waals surface area contributed by atoms with Crippen molar-refractivity contribution < 1.29 is 9.26 Å². The van der Waals surface area contributed by atoms with Crippen molar-refractivity contribution >= 4 is 34.2 Å². The lowest BCUT2D eigenvalue weighted by atomic mass is 10.1. The van der Waals surface area contributed by atoms with Gasteiger partial charge in [0, 0.05) is 17.1 Å². The molecule has 0 atom stereocenters. The number of likely N-dealkylation sites (tertiary alicyclic amines) is 1. The summed E-state index contributed by atoms with van der Waals surface area (Å²) < 4.78 is 11.4. The fourth-order valence-electron chi connectivity index (χ4n) is 3.80. The van der Waals surface area contributed by atoms with Crippen LogP contribution in [0.3, 0.4) is 0 Å². The molecular weight excluding hydrogens is 398 g/mol. The zero-order chi connectivity index (χ0) is 20.8. The quantitative estimate of drug-likeness (QED) is 0.356. The van der Waals surface area contributed by atoms with Gasteiger partial charge in [0.15, 0.2) is 5.58 Å². The summed E-state index contributed by atoms with van der Waals surface area (Å²) in [6.07, 6.45) is 6.72. The molecule has 5 nitrogen and oxygen atoms in total. The van der Waals surface area contributed by atoms with Crippen LogP contribution in [0, 0.1) is 11.3 Å². The van der Waals surface area contributed by atoms with E-state index in [1.807, 2.05) is 24.3 Å². The Morgan fingerprint density at radius 2 is 2.03 bits per heavy atom. The number of aromatic nitrogens is 1. The highest BCUT2D eigenvalue weighted by Gasteiger charge is 2.14. The summed E-state index contributed by atoms with van der Waals surface area (Å²) in [5.74, 6) is 0.759. The van der Waals surface area contributed by atoms with Gasteiger partial charge in [-0.05, 0) is 62.7 Å². The smallest absolute Gasteiger partial charge is 0.167 e. The van der Waals surface area contributed by atoms with Gasteiger partial charge >= 0.3 is 0 Å². The molecule has 3 aromatic rings. The summed E-state index contributed by atoms with van der Waals surface area (Å²) in [5.41, 5.74) is 2.32. The maximum atomic E-state index is 9.76. The molecular formula is C24H24ClN3O2. The second-order valence-electron chi connectivity index (χ2n) is 7.48. The maximum Gasteiger partial charge on any atom is 0.167 e. The van der Waals surface area contributed by atoms with E-state index in [0.29, 0.717) is 28.5 Å². The van der Waals surface area contributed by atoms with Gasteiger partial charge in [0.2, 0.25) is 0 Å². The number of hydrogen-bond acceptors (Lipinski definition) is 5. The Labute approximate surface area is 181 Å². The van der Waals surface area contributed by atoms with Crippen molar-refractivity contribution in [1.29, 1.82) is 5.26 Å². The van der Waals surface area contributed by atoms with Gasteiger partial charge in [0.05, 0.1) is 17.6 Å². The molecule has 154 valence electrons. The van der Waals surface area contributed by atoms with Crippen molar-refractivity contribution in [2.45, 2.75) is 25.7 Å². The van der Waals surface area contributed by atoms with E-state index < -0.39 is 0 Å². The predicted octanol–water partition coefficient (Wildman–Crippen LogP) is 5.80. The standard InChI is InChI=1S/C24H24ClN3O2/c25-20-9-10-23-21(16-20)24(27-30-23)19(17-26)15-18-7-2-3-8-22(18)29-14-6-13-28-11-4-1-5-12-28/h2-3,7-10,15-16H,1,4-6,11-14H2/b19-15+. The molecule has 1 saturated heterocycles. The first-order valence-corrected chi connectivity index (χ1v) is 10.7. The van der Waals surface area contributed by atoms with Gasteiger partial charge in [-0.1, -0.05) is 41.4 Å². The van der Waals surface area contributed by atoms with Crippen LogP contribution in [0.5, 0.6) is 5.75 Å². The Bertz CT molecular complexity index is 1080. The highest BCUT2D eigenvalue weighted by molar-refractivity contribution is 6.31. The lowest BCUT2D eigenvalue weighted by Gasteiger charge is -2.26. The van der Waals surface area contributed by atoms with Gasteiger partial charge in [-0.3, -0.25) is 0 Å². The Hall–Kier alpha value is -2.81. The average molecular weight is 422 g/mol. The van der Waals surface area contributed by atoms with Crippen molar-refractivity contribution in [2.24, 2.45) is 0 Å². The van der Waals surface area contributed by atoms with E-state index in [9.17, 15) is 5.26 Å². The minimum atomic E-state index is 0.403. The maximum absolute atomic E-state index is 9.76. The first-order valence-electron chi connectivity index (χ1n) is 10.4. The molecule has 0 radical (unpaired) electrons. The van der Waals surface area contributed by atoms with Crippen molar-refractivity contribution in [3.8, 4) is 11.8 Å². The molecule has 0 saturated carbocycles. The van der Waals surface area contributed by atoms with E-state index in [1.165, 1.54) is 32.4 Å². The molecule has 4 rings (SSSR count). The van der Waals surface area contributed by atoms with E-state index >= 15 is 0 Å². The second kappa shape index (κ2) is 9.80. The number of hydrogen-bond donors (Lipinski definition) is 0. The van der Waals surface area contributed by atoms with E-state index in [0.717, 1.165) is 29.7 Å². The number of nitrogens with zero attached hydrogens (tertiary/aromatic N) is 3. The van der Waals surface area contributed by atoms with Gasteiger partial charge in [-0.25, -0.2) is 0 Å². The molecule has 0 N–H and O–H groups in total. The van der Waals surface area contributed by atoms with Crippen LogP contribution in [0.15, 0.2) is 47.0 Å². The topological polar surface area (TPSA) is 62.3 Å². The molecule has 0 spiro atoms. The van der Waals surface area contributed by atoms with E-state index in [4.69, 9.17) is 20.9 Å². The molecule has 1 fully saturated rings. The number of nitriles is 1. The Morgan fingerprint density at radius 1 is 1.20 bits per heavy atom. The number of para-hydroxylation sites is 1. The Morgan fingerprint density at radius 3 is 2.87 bits per heavy atom. The van der Waals surface area contributed by atoms with Crippen LogP contribution in [0.25, 0.3) is 22.6 Å². The number of rotatable bonds is 7.